The molecular formula is C20H23N5O4. The van der Waals surface area contributed by atoms with E-state index in [9.17, 15) is 14.4 Å². The van der Waals surface area contributed by atoms with Gasteiger partial charge in [0.1, 0.15) is 12.4 Å². The molecule has 2 atom stereocenters. The molecule has 2 aromatic heterocycles. The van der Waals surface area contributed by atoms with Gasteiger partial charge in [-0.05, 0) is 32.4 Å². The largest absolute Gasteiger partial charge is 0.451 e. The second kappa shape index (κ2) is 8.68. The molecule has 2 heterocycles. The molecule has 0 bridgehead atoms. The van der Waals surface area contributed by atoms with Crippen LogP contribution in [0, 0.1) is 0 Å². The second-order valence-corrected chi connectivity index (χ2v) is 6.73. The van der Waals surface area contributed by atoms with Gasteiger partial charge in [0.05, 0.1) is 29.5 Å². The van der Waals surface area contributed by atoms with Crippen molar-refractivity contribution in [3.63, 3.8) is 0 Å². The minimum atomic E-state index is -1.04. The molecule has 1 N–H and O–H groups in total. The zero-order valence-electron chi connectivity index (χ0n) is 16.5. The number of benzene rings is 1. The number of para-hydroxylation sites is 1. The van der Waals surface area contributed by atoms with E-state index < -0.39 is 18.0 Å². The zero-order valence-corrected chi connectivity index (χ0v) is 16.5. The number of amides is 1. The third kappa shape index (κ3) is 4.50. The molecule has 0 fully saturated rings. The number of aromatic nitrogens is 4. The summed E-state index contributed by atoms with van der Waals surface area (Å²) in [5, 5.41) is 7.32. The SMILES string of the molecule is CC[C@@H](C)n1nccc1NC(=O)[C@H](C)OC(=O)Cn1cnc2ccccc2c1=O. The van der Waals surface area contributed by atoms with Crippen molar-refractivity contribution in [3.8, 4) is 0 Å². The van der Waals surface area contributed by atoms with Gasteiger partial charge in [-0.25, -0.2) is 9.67 Å². The molecule has 0 unspecified atom stereocenters. The first-order valence-electron chi connectivity index (χ1n) is 9.38. The third-order valence-corrected chi connectivity index (χ3v) is 4.64. The van der Waals surface area contributed by atoms with Gasteiger partial charge in [-0.15, -0.1) is 0 Å². The van der Waals surface area contributed by atoms with Gasteiger partial charge in [0.15, 0.2) is 6.10 Å². The average molecular weight is 397 g/mol. The Kier molecular flexibility index (Phi) is 6.06. The molecule has 9 heteroatoms. The fourth-order valence-corrected chi connectivity index (χ4v) is 2.81. The molecule has 0 spiro atoms. The molecule has 0 saturated carbocycles. The van der Waals surface area contributed by atoms with Gasteiger partial charge >= 0.3 is 5.97 Å². The summed E-state index contributed by atoms with van der Waals surface area (Å²) in [6.45, 7) is 5.14. The fraction of sp³-hybridized carbons (Fsp3) is 0.350. The maximum atomic E-state index is 12.5. The molecule has 0 saturated heterocycles. The Bertz CT molecular complexity index is 1090. The Morgan fingerprint density at radius 3 is 2.72 bits per heavy atom. The minimum Gasteiger partial charge on any atom is -0.451 e. The number of carbonyl (C=O) groups is 2. The van der Waals surface area contributed by atoms with Gasteiger partial charge in [-0.1, -0.05) is 19.1 Å². The minimum absolute atomic E-state index is 0.116. The lowest BCUT2D eigenvalue weighted by Crippen LogP contribution is -2.33. The van der Waals surface area contributed by atoms with Crippen LogP contribution in [0.2, 0.25) is 0 Å². The highest BCUT2D eigenvalue weighted by atomic mass is 16.5. The summed E-state index contributed by atoms with van der Waals surface area (Å²) in [7, 11) is 0. The summed E-state index contributed by atoms with van der Waals surface area (Å²) >= 11 is 0. The van der Waals surface area contributed by atoms with Crippen LogP contribution in [0.5, 0.6) is 0 Å². The lowest BCUT2D eigenvalue weighted by atomic mass is 10.2. The van der Waals surface area contributed by atoms with Crippen LogP contribution in [-0.2, 0) is 20.9 Å². The summed E-state index contributed by atoms with van der Waals surface area (Å²) in [6.07, 6.45) is 2.70. The molecule has 0 aliphatic heterocycles. The standard InChI is InChI=1S/C20H23N5O4/c1-4-13(2)25-17(9-10-22-25)23-19(27)14(3)29-18(26)11-24-12-21-16-8-6-5-7-15(16)20(24)28/h5-10,12-14H,4,11H2,1-3H3,(H,23,27)/t13-,14+/m1/s1. The maximum absolute atomic E-state index is 12.5. The van der Waals surface area contributed by atoms with E-state index in [1.807, 2.05) is 13.8 Å². The highest BCUT2D eigenvalue weighted by molar-refractivity contribution is 5.94. The van der Waals surface area contributed by atoms with Crippen LogP contribution in [0.4, 0.5) is 5.82 Å². The van der Waals surface area contributed by atoms with E-state index in [2.05, 4.69) is 15.4 Å². The number of esters is 1. The average Bonchev–Trinajstić information content (AvgIpc) is 3.17. The fourth-order valence-electron chi connectivity index (χ4n) is 2.81. The van der Waals surface area contributed by atoms with E-state index in [-0.39, 0.29) is 18.1 Å². The predicted octanol–water partition coefficient (Wildman–Crippen LogP) is 2.13. The number of fused-ring (bicyclic) bond motifs is 1. The van der Waals surface area contributed by atoms with Gasteiger partial charge in [-0.2, -0.15) is 5.10 Å². The van der Waals surface area contributed by atoms with Gasteiger partial charge < -0.3 is 10.1 Å². The quantitative estimate of drug-likeness (QED) is 0.612. The maximum Gasteiger partial charge on any atom is 0.326 e. The van der Waals surface area contributed by atoms with Crippen molar-refractivity contribution < 1.29 is 14.3 Å². The molecule has 1 aromatic carbocycles. The Hall–Kier alpha value is -3.49. The molecular weight excluding hydrogens is 374 g/mol. The zero-order chi connectivity index (χ0) is 21.0. The normalized spacial score (nSPS) is 13.1. The number of hydrogen-bond donors (Lipinski definition) is 1. The van der Waals surface area contributed by atoms with E-state index in [1.54, 1.807) is 41.2 Å². The molecule has 3 rings (SSSR count). The van der Waals surface area contributed by atoms with Crippen molar-refractivity contribution >= 4 is 28.6 Å². The molecule has 3 aromatic rings. The Balaban J connectivity index is 1.63. The summed E-state index contributed by atoms with van der Waals surface area (Å²) in [6, 6.07) is 8.66. The Morgan fingerprint density at radius 1 is 1.21 bits per heavy atom. The molecule has 0 radical (unpaired) electrons. The van der Waals surface area contributed by atoms with Crippen LogP contribution in [0.3, 0.4) is 0 Å². The molecule has 152 valence electrons. The Labute approximate surface area is 167 Å². The van der Waals surface area contributed by atoms with Crippen molar-refractivity contribution in [1.82, 2.24) is 19.3 Å². The second-order valence-electron chi connectivity index (χ2n) is 6.73. The van der Waals surface area contributed by atoms with Crippen LogP contribution >= 0.6 is 0 Å². The van der Waals surface area contributed by atoms with Crippen molar-refractivity contribution in [3.05, 3.63) is 53.2 Å². The van der Waals surface area contributed by atoms with E-state index in [4.69, 9.17) is 4.74 Å². The number of hydrogen-bond acceptors (Lipinski definition) is 6. The summed E-state index contributed by atoms with van der Waals surface area (Å²) < 4.78 is 8.05. The number of ether oxygens (including phenoxy) is 1. The summed E-state index contributed by atoms with van der Waals surface area (Å²) in [5.74, 6) is -0.656. The number of carbonyl (C=O) groups excluding carboxylic acids is 2. The molecule has 1 amide bonds. The van der Waals surface area contributed by atoms with Crippen molar-refractivity contribution in [2.45, 2.75) is 45.9 Å². The van der Waals surface area contributed by atoms with E-state index >= 15 is 0 Å². The molecule has 9 nitrogen and oxygen atoms in total. The first-order valence-corrected chi connectivity index (χ1v) is 9.38. The molecule has 0 aliphatic rings. The van der Waals surface area contributed by atoms with Crippen LogP contribution in [0.1, 0.15) is 33.2 Å². The first kappa shape index (κ1) is 20.2. The van der Waals surface area contributed by atoms with E-state index in [0.29, 0.717) is 16.7 Å². The monoisotopic (exact) mass is 397 g/mol. The van der Waals surface area contributed by atoms with Crippen LogP contribution in [0.25, 0.3) is 10.9 Å². The van der Waals surface area contributed by atoms with Crippen molar-refractivity contribution in [2.24, 2.45) is 0 Å². The lowest BCUT2D eigenvalue weighted by molar-refractivity contribution is -0.153. The smallest absolute Gasteiger partial charge is 0.326 e. The van der Waals surface area contributed by atoms with Crippen LogP contribution in [-0.4, -0.2) is 37.3 Å². The van der Waals surface area contributed by atoms with E-state index in [1.165, 1.54) is 13.3 Å². The highest BCUT2D eigenvalue weighted by Gasteiger charge is 2.20. The van der Waals surface area contributed by atoms with Crippen LogP contribution in [0.15, 0.2) is 47.7 Å². The highest BCUT2D eigenvalue weighted by Crippen LogP contribution is 2.16. The van der Waals surface area contributed by atoms with Gasteiger partial charge in [0.25, 0.3) is 11.5 Å². The summed E-state index contributed by atoms with van der Waals surface area (Å²) in [5.41, 5.74) is 0.204. The van der Waals surface area contributed by atoms with Gasteiger partial charge in [0.2, 0.25) is 0 Å². The number of nitrogens with one attached hydrogen (secondary N) is 1. The molecule has 29 heavy (non-hydrogen) atoms. The number of rotatable bonds is 7. The Morgan fingerprint density at radius 2 is 1.97 bits per heavy atom. The number of nitrogens with zero attached hydrogens (tertiary/aromatic N) is 4. The predicted molar refractivity (Wildman–Crippen MR) is 107 cm³/mol. The molecule has 0 aliphatic carbocycles. The van der Waals surface area contributed by atoms with Gasteiger partial charge in [0, 0.05) is 6.07 Å². The summed E-state index contributed by atoms with van der Waals surface area (Å²) in [4.78, 5) is 41.2. The van der Waals surface area contributed by atoms with Crippen molar-refractivity contribution in [1.29, 1.82) is 0 Å². The first-order chi connectivity index (χ1) is 13.9. The third-order valence-electron chi connectivity index (χ3n) is 4.64. The topological polar surface area (TPSA) is 108 Å². The van der Waals surface area contributed by atoms with E-state index in [0.717, 1.165) is 11.0 Å². The van der Waals surface area contributed by atoms with Crippen LogP contribution < -0.4 is 10.9 Å². The number of anilines is 1. The lowest BCUT2D eigenvalue weighted by Gasteiger charge is -2.17. The van der Waals surface area contributed by atoms with Crippen molar-refractivity contribution in [2.75, 3.05) is 5.32 Å². The van der Waals surface area contributed by atoms with Gasteiger partial charge in [-0.3, -0.25) is 19.0 Å².